The number of isocyanates is 1. The summed E-state index contributed by atoms with van der Waals surface area (Å²) in [6.07, 6.45) is -0.132. The summed E-state index contributed by atoms with van der Waals surface area (Å²) >= 11 is 5.47. The first kappa shape index (κ1) is 12.9. The number of aliphatic hydroxyl groups is 2. The molecule has 4 nitrogen and oxygen atoms in total. The predicted octanol–water partition coefficient (Wildman–Crippen LogP) is 1.68. The van der Waals surface area contributed by atoms with E-state index >= 15 is 0 Å². The van der Waals surface area contributed by atoms with Crippen LogP contribution in [0.1, 0.15) is 18.1 Å². The molecule has 0 aromatic heterocycles. The average molecular weight is 242 g/mol. The number of rotatable bonds is 5. The number of hydrogen-bond donors (Lipinski definition) is 2. The number of benzene rings is 1. The maximum Gasteiger partial charge on any atom is 0.240 e. The highest BCUT2D eigenvalue weighted by Gasteiger charge is 2.17. The Morgan fingerprint density at radius 3 is 2.44 bits per heavy atom. The molecule has 0 saturated heterocycles. The molecule has 5 heteroatoms. The summed E-state index contributed by atoms with van der Waals surface area (Å²) in [5.74, 6) is 0.283. The summed E-state index contributed by atoms with van der Waals surface area (Å²) in [6.45, 7) is 0. The SMILES string of the molecule is O=C=Nc1ccc(C(O)C(O)CCCl)cc1. The van der Waals surface area contributed by atoms with Gasteiger partial charge in [0.05, 0.1) is 11.8 Å². The van der Waals surface area contributed by atoms with Crippen molar-refractivity contribution in [2.75, 3.05) is 5.88 Å². The van der Waals surface area contributed by atoms with E-state index in [-0.39, 0.29) is 5.88 Å². The van der Waals surface area contributed by atoms with E-state index in [0.29, 0.717) is 17.7 Å². The van der Waals surface area contributed by atoms with Crippen LogP contribution in [-0.4, -0.2) is 28.3 Å². The second-order valence-corrected chi connectivity index (χ2v) is 3.66. The number of halogens is 1. The van der Waals surface area contributed by atoms with E-state index in [1.807, 2.05) is 0 Å². The van der Waals surface area contributed by atoms with Gasteiger partial charge in [-0.05, 0) is 24.1 Å². The molecule has 1 aromatic rings. The largest absolute Gasteiger partial charge is 0.390 e. The Hall–Kier alpha value is -1.19. The molecule has 0 aliphatic rings. The van der Waals surface area contributed by atoms with Gasteiger partial charge in [0.15, 0.2) is 0 Å². The normalized spacial score (nSPS) is 13.9. The molecule has 0 spiro atoms. The fraction of sp³-hybridized carbons (Fsp3) is 0.364. The molecule has 0 aliphatic carbocycles. The Balaban J connectivity index is 2.76. The van der Waals surface area contributed by atoms with Crippen LogP contribution in [0.3, 0.4) is 0 Å². The number of nitrogens with zero attached hydrogens (tertiary/aromatic N) is 1. The fourth-order valence-corrected chi connectivity index (χ4v) is 1.51. The van der Waals surface area contributed by atoms with Crippen molar-refractivity contribution < 1.29 is 15.0 Å². The number of aliphatic imine (C=N–C) groups is 1. The average Bonchev–Trinajstić information content (AvgIpc) is 2.30. The van der Waals surface area contributed by atoms with Gasteiger partial charge < -0.3 is 10.2 Å². The highest BCUT2D eigenvalue weighted by atomic mass is 35.5. The Kier molecular flexibility index (Phi) is 5.15. The Bertz CT molecular complexity index is 373. The molecule has 0 bridgehead atoms. The smallest absolute Gasteiger partial charge is 0.240 e. The van der Waals surface area contributed by atoms with Gasteiger partial charge in [-0.15, -0.1) is 11.6 Å². The molecule has 0 fully saturated rings. The Labute approximate surface area is 98.2 Å². The van der Waals surface area contributed by atoms with Gasteiger partial charge in [0.1, 0.15) is 6.10 Å². The van der Waals surface area contributed by atoms with Crippen molar-refractivity contribution >= 4 is 23.4 Å². The lowest BCUT2D eigenvalue weighted by Gasteiger charge is -2.16. The first-order chi connectivity index (χ1) is 7.69. The van der Waals surface area contributed by atoms with E-state index in [1.54, 1.807) is 24.3 Å². The standard InChI is InChI=1S/C11H12ClNO3/c12-6-5-10(15)11(16)8-1-3-9(4-2-8)13-7-14/h1-4,10-11,15-16H,5-6H2. The van der Waals surface area contributed by atoms with E-state index in [0.717, 1.165) is 0 Å². The van der Waals surface area contributed by atoms with Gasteiger partial charge in [0.25, 0.3) is 0 Å². The van der Waals surface area contributed by atoms with E-state index in [1.165, 1.54) is 6.08 Å². The fourth-order valence-electron chi connectivity index (χ4n) is 1.29. The quantitative estimate of drug-likeness (QED) is 0.468. The van der Waals surface area contributed by atoms with Gasteiger partial charge in [-0.25, -0.2) is 4.79 Å². The molecule has 1 rings (SSSR count). The van der Waals surface area contributed by atoms with Crippen LogP contribution < -0.4 is 0 Å². The third kappa shape index (κ3) is 3.43. The zero-order valence-electron chi connectivity index (χ0n) is 8.51. The van der Waals surface area contributed by atoms with Crippen LogP contribution >= 0.6 is 11.6 Å². The van der Waals surface area contributed by atoms with Gasteiger partial charge in [0, 0.05) is 5.88 Å². The number of hydrogen-bond acceptors (Lipinski definition) is 4. The van der Waals surface area contributed by atoms with Gasteiger partial charge in [-0.2, -0.15) is 4.99 Å². The summed E-state index contributed by atoms with van der Waals surface area (Å²) in [5, 5.41) is 19.2. The Morgan fingerprint density at radius 1 is 1.31 bits per heavy atom. The molecule has 16 heavy (non-hydrogen) atoms. The third-order valence-corrected chi connectivity index (χ3v) is 2.40. The van der Waals surface area contributed by atoms with Crippen LogP contribution in [0.15, 0.2) is 29.3 Å². The molecule has 0 aliphatic heterocycles. The van der Waals surface area contributed by atoms with Crippen LogP contribution in [0.2, 0.25) is 0 Å². The summed E-state index contributed by atoms with van der Waals surface area (Å²) in [7, 11) is 0. The predicted molar refractivity (Wildman–Crippen MR) is 60.5 cm³/mol. The first-order valence-corrected chi connectivity index (χ1v) is 5.32. The van der Waals surface area contributed by atoms with Crippen LogP contribution in [-0.2, 0) is 4.79 Å². The third-order valence-electron chi connectivity index (χ3n) is 2.18. The zero-order valence-corrected chi connectivity index (χ0v) is 9.26. The summed E-state index contributed by atoms with van der Waals surface area (Å²) in [5.41, 5.74) is 1.01. The van der Waals surface area contributed by atoms with Gasteiger partial charge in [-0.3, -0.25) is 0 Å². The molecule has 0 amide bonds. The topological polar surface area (TPSA) is 69.9 Å². The van der Waals surface area contributed by atoms with Crippen LogP contribution in [0.5, 0.6) is 0 Å². The molecule has 2 atom stereocenters. The monoisotopic (exact) mass is 241 g/mol. The number of carbonyl (C=O) groups excluding carboxylic acids is 1. The summed E-state index contributed by atoms with van der Waals surface area (Å²) in [4.78, 5) is 13.4. The van der Waals surface area contributed by atoms with E-state index in [9.17, 15) is 15.0 Å². The molecule has 0 saturated carbocycles. The van der Waals surface area contributed by atoms with Crippen molar-refractivity contribution in [2.45, 2.75) is 18.6 Å². The number of aliphatic hydroxyl groups excluding tert-OH is 2. The molecule has 0 heterocycles. The van der Waals surface area contributed by atoms with Crippen LogP contribution in [0.25, 0.3) is 0 Å². The lowest BCUT2D eigenvalue weighted by Crippen LogP contribution is -2.18. The molecule has 86 valence electrons. The second kappa shape index (κ2) is 6.40. The van der Waals surface area contributed by atoms with Gasteiger partial charge >= 0.3 is 0 Å². The highest BCUT2D eigenvalue weighted by Crippen LogP contribution is 2.21. The minimum absolute atomic E-state index is 0.283. The van der Waals surface area contributed by atoms with Crippen molar-refractivity contribution in [1.82, 2.24) is 0 Å². The lowest BCUT2D eigenvalue weighted by molar-refractivity contribution is 0.0170. The molecular formula is C11H12ClNO3. The summed E-state index contributed by atoms with van der Waals surface area (Å²) < 4.78 is 0. The molecule has 2 unspecified atom stereocenters. The van der Waals surface area contributed by atoms with Crippen molar-refractivity contribution in [3.05, 3.63) is 29.8 Å². The van der Waals surface area contributed by atoms with Crippen molar-refractivity contribution in [2.24, 2.45) is 4.99 Å². The summed E-state index contributed by atoms with van der Waals surface area (Å²) in [6, 6.07) is 6.32. The number of alkyl halides is 1. The van der Waals surface area contributed by atoms with Crippen molar-refractivity contribution in [3.8, 4) is 0 Å². The zero-order chi connectivity index (χ0) is 12.0. The molecule has 1 aromatic carbocycles. The van der Waals surface area contributed by atoms with Crippen LogP contribution in [0, 0.1) is 0 Å². The molecule has 2 N–H and O–H groups in total. The molecule has 0 radical (unpaired) electrons. The van der Waals surface area contributed by atoms with E-state index in [4.69, 9.17) is 11.6 Å². The van der Waals surface area contributed by atoms with E-state index < -0.39 is 12.2 Å². The second-order valence-electron chi connectivity index (χ2n) is 3.28. The first-order valence-electron chi connectivity index (χ1n) is 4.79. The maximum absolute atomic E-state index is 9.99. The minimum Gasteiger partial charge on any atom is -0.390 e. The Morgan fingerprint density at radius 2 is 1.94 bits per heavy atom. The maximum atomic E-state index is 9.99. The minimum atomic E-state index is -0.979. The highest BCUT2D eigenvalue weighted by molar-refractivity contribution is 6.17. The van der Waals surface area contributed by atoms with Crippen LogP contribution in [0.4, 0.5) is 5.69 Å². The van der Waals surface area contributed by atoms with E-state index in [2.05, 4.69) is 4.99 Å². The lowest BCUT2D eigenvalue weighted by atomic mass is 10.0. The van der Waals surface area contributed by atoms with Gasteiger partial charge in [-0.1, -0.05) is 12.1 Å². The van der Waals surface area contributed by atoms with Gasteiger partial charge in [0.2, 0.25) is 6.08 Å². The van der Waals surface area contributed by atoms with Crippen molar-refractivity contribution in [3.63, 3.8) is 0 Å². The molecular weight excluding hydrogens is 230 g/mol. The van der Waals surface area contributed by atoms with Crippen molar-refractivity contribution in [1.29, 1.82) is 0 Å².